The van der Waals surface area contributed by atoms with Crippen LogP contribution in [0.5, 0.6) is 0 Å². The lowest BCUT2D eigenvalue weighted by molar-refractivity contribution is 0.319. The molecule has 0 spiro atoms. The van der Waals surface area contributed by atoms with Crippen LogP contribution in [0.2, 0.25) is 0 Å². The van der Waals surface area contributed by atoms with Crippen LogP contribution in [0.1, 0.15) is 32.2 Å². The minimum atomic E-state index is 0.269. The van der Waals surface area contributed by atoms with Crippen LogP contribution in [0.25, 0.3) is 0 Å². The van der Waals surface area contributed by atoms with E-state index in [2.05, 4.69) is 20.4 Å². The van der Waals surface area contributed by atoms with E-state index in [9.17, 15) is 0 Å². The first kappa shape index (κ1) is 11.4. The van der Waals surface area contributed by atoms with Crippen molar-refractivity contribution in [3.8, 4) is 0 Å². The summed E-state index contributed by atoms with van der Waals surface area (Å²) in [7, 11) is 0. The molecule has 2 N–H and O–H groups in total. The molecule has 0 saturated carbocycles. The van der Waals surface area contributed by atoms with E-state index in [4.69, 9.17) is 5.21 Å². The third-order valence-electron chi connectivity index (χ3n) is 1.79. The maximum Gasteiger partial charge on any atom is 0.223 e. The van der Waals surface area contributed by atoms with Crippen molar-refractivity contribution in [2.45, 2.75) is 33.7 Å². The van der Waals surface area contributed by atoms with Crippen molar-refractivity contribution in [3.05, 3.63) is 17.5 Å². The summed E-state index contributed by atoms with van der Waals surface area (Å²) in [6, 6.07) is 2.05. The largest absolute Gasteiger partial charge is 0.411 e. The highest BCUT2D eigenvalue weighted by Gasteiger charge is 2.05. The van der Waals surface area contributed by atoms with Crippen molar-refractivity contribution in [1.29, 1.82) is 0 Å². The standard InChI is InChI=1S/C10H16N4O/c1-6(2)11-10-12-7(3)5-9(13-10)8(4)14-15/h5-6,15H,1-4H3,(H,11,12,13)/b14-8+. The second-order valence-corrected chi connectivity index (χ2v) is 3.70. The lowest BCUT2D eigenvalue weighted by atomic mass is 10.2. The Hall–Kier alpha value is -1.65. The number of anilines is 1. The van der Waals surface area contributed by atoms with Gasteiger partial charge in [0.1, 0.15) is 5.71 Å². The predicted octanol–water partition coefficient (Wildman–Crippen LogP) is 1.80. The molecule has 0 unspecified atom stereocenters. The normalized spacial score (nSPS) is 11.9. The molecule has 0 atom stereocenters. The Balaban J connectivity index is 3.05. The number of hydrogen-bond donors (Lipinski definition) is 2. The van der Waals surface area contributed by atoms with Gasteiger partial charge in [-0.25, -0.2) is 9.97 Å². The number of nitrogens with zero attached hydrogens (tertiary/aromatic N) is 3. The molecular weight excluding hydrogens is 192 g/mol. The first-order valence-corrected chi connectivity index (χ1v) is 4.84. The molecule has 1 aromatic rings. The molecule has 0 saturated heterocycles. The minimum Gasteiger partial charge on any atom is -0.411 e. The molecule has 1 heterocycles. The Labute approximate surface area is 89.3 Å². The molecule has 0 fully saturated rings. The summed E-state index contributed by atoms with van der Waals surface area (Å²) >= 11 is 0. The maximum absolute atomic E-state index is 8.66. The summed E-state index contributed by atoms with van der Waals surface area (Å²) < 4.78 is 0. The fourth-order valence-electron chi connectivity index (χ4n) is 1.13. The van der Waals surface area contributed by atoms with Crippen molar-refractivity contribution in [3.63, 3.8) is 0 Å². The Kier molecular flexibility index (Phi) is 3.60. The molecule has 0 aliphatic rings. The zero-order chi connectivity index (χ0) is 11.4. The molecule has 82 valence electrons. The monoisotopic (exact) mass is 208 g/mol. The van der Waals surface area contributed by atoms with Gasteiger partial charge in [-0.3, -0.25) is 0 Å². The molecule has 5 heteroatoms. The Morgan fingerprint density at radius 2 is 2.13 bits per heavy atom. The highest BCUT2D eigenvalue weighted by atomic mass is 16.4. The Bertz CT molecular complexity index is 374. The van der Waals surface area contributed by atoms with Gasteiger partial charge >= 0.3 is 0 Å². The zero-order valence-corrected chi connectivity index (χ0v) is 9.44. The van der Waals surface area contributed by atoms with E-state index in [1.807, 2.05) is 20.8 Å². The van der Waals surface area contributed by atoms with Gasteiger partial charge in [0.05, 0.1) is 5.69 Å². The SMILES string of the molecule is C/C(=N\O)c1cc(C)nc(NC(C)C)n1. The van der Waals surface area contributed by atoms with Gasteiger partial charge < -0.3 is 10.5 Å². The summed E-state index contributed by atoms with van der Waals surface area (Å²) in [5, 5.41) is 14.9. The van der Waals surface area contributed by atoms with Gasteiger partial charge in [-0.05, 0) is 33.8 Å². The average Bonchev–Trinajstić information content (AvgIpc) is 2.14. The summed E-state index contributed by atoms with van der Waals surface area (Å²) in [6.45, 7) is 7.60. The van der Waals surface area contributed by atoms with E-state index in [0.29, 0.717) is 17.4 Å². The highest BCUT2D eigenvalue weighted by Crippen LogP contribution is 2.07. The van der Waals surface area contributed by atoms with E-state index in [1.165, 1.54) is 0 Å². The van der Waals surface area contributed by atoms with Gasteiger partial charge in [-0.2, -0.15) is 0 Å². The maximum atomic E-state index is 8.66. The number of hydrogen-bond acceptors (Lipinski definition) is 5. The van der Waals surface area contributed by atoms with Crippen LogP contribution in [0.15, 0.2) is 11.2 Å². The third-order valence-corrected chi connectivity index (χ3v) is 1.79. The minimum absolute atomic E-state index is 0.269. The first-order valence-electron chi connectivity index (χ1n) is 4.84. The molecule has 5 nitrogen and oxygen atoms in total. The lowest BCUT2D eigenvalue weighted by Crippen LogP contribution is -2.14. The van der Waals surface area contributed by atoms with Gasteiger partial charge in [-0.1, -0.05) is 5.16 Å². The van der Waals surface area contributed by atoms with Gasteiger partial charge in [0.25, 0.3) is 0 Å². The lowest BCUT2D eigenvalue weighted by Gasteiger charge is -2.09. The van der Waals surface area contributed by atoms with E-state index in [-0.39, 0.29) is 6.04 Å². The predicted molar refractivity (Wildman–Crippen MR) is 59.5 cm³/mol. The molecule has 0 amide bonds. The smallest absolute Gasteiger partial charge is 0.223 e. The van der Waals surface area contributed by atoms with E-state index < -0.39 is 0 Å². The molecule has 1 aromatic heterocycles. The molecule has 15 heavy (non-hydrogen) atoms. The topological polar surface area (TPSA) is 70.4 Å². The third kappa shape index (κ3) is 3.19. The molecular formula is C10H16N4O. The molecule has 0 aromatic carbocycles. The van der Waals surface area contributed by atoms with Crippen LogP contribution >= 0.6 is 0 Å². The fraction of sp³-hybridized carbons (Fsp3) is 0.500. The number of aromatic nitrogens is 2. The van der Waals surface area contributed by atoms with E-state index in [0.717, 1.165) is 5.69 Å². The average molecular weight is 208 g/mol. The fourth-order valence-corrected chi connectivity index (χ4v) is 1.13. The molecule has 0 aliphatic heterocycles. The van der Waals surface area contributed by atoms with Crippen LogP contribution in [0.4, 0.5) is 5.95 Å². The van der Waals surface area contributed by atoms with Gasteiger partial charge in [0.15, 0.2) is 0 Å². The van der Waals surface area contributed by atoms with E-state index >= 15 is 0 Å². The molecule has 0 aliphatic carbocycles. The zero-order valence-electron chi connectivity index (χ0n) is 9.44. The summed E-state index contributed by atoms with van der Waals surface area (Å²) in [5.74, 6) is 0.558. The number of rotatable bonds is 3. The second-order valence-electron chi connectivity index (χ2n) is 3.70. The number of nitrogens with one attached hydrogen (secondary N) is 1. The van der Waals surface area contributed by atoms with Crippen LogP contribution < -0.4 is 5.32 Å². The number of oxime groups is 1. The summed E-state index contributed by atoms with van der Waals surface area (Å²) in [6.07, 6.45) is 0. The summed E-state index contributed by atoms with van der Waals surface area (Å²) in [4.78, 5) is 8.46. The van der Waals surface area contributed by atoms with Crippen molar-refractivity contribution >= 4 is 11.7 Å². The van der Waals surface area contributed by atoms with Crippen LogP contribution in [-0.2, 0) is 0 Å². The van der Waals surface area contributed by atoms with Crippen molar-refractivity contribution in [2.75, 3.05) is 5.32 Å². The van der Waals surface area contributed by atoms with Crippen LogP contribution in [0, 0.1) is 6.92 Å². The molecule has 0 bridgehead atoms. The quantitative estimate of drug-likeness (QED) is 0.451. The highest BCUT2D eigenvalue weighted by molar-refractivity contribution is 5.96. The van der Waals surface area contributed by atoms with Gasteiger partial charge in [0.2, 0.25) is 5.95 Å². The van der Waals surface area contributed by atoms with Crippen molar-refractivity contribution < 1.29 is 5.21 Å². The Morgan fingerprint density at radius 1 is 1.47 bits per heavy atom. The molecule has 1 rings (SSSR count). The van der Waals surface area contributed by atoms with E-state index in [1.54, 1.807) is 13.0 Å². The van der Waals surface area contributed by atoms with Crippen molar-refractivity contribution in [2.24, 2.45) is 5.16 Å². The van der Waals surface area contributed by atoms with Crippen LogP contribution in [-0.4, -0.2) is 26.9 Å². The first-order chi connectivity index (χ1) is 7.02. The van der Waals surface area contributed by atoms with Gasteiger partial charge in [0, 0.05) is 11.7 Å². The number of aryl methyl sites for hydroxylation is 1. The summed E-state index contributed by atoms with van der Waals surface area (Å²) in [5.41, 5.74) is 1.95. The molecule has 0 radical (unpaired) electrons. The second kappa shape index (κ2) is 4.72. The van der Waals surface area contributed by atoms with Gasteiger partial charge in [-0.15, -0.1) is 0 Å². The van der Waals surface area contributed by atoms with Crippen LogP contribution in [0.3, 0.4) is 0 Å². The van der Waals surface area contributed by atoms with Crippen molar-refractivity contribution in [1.82, 2.24) is 9.97 Å². The Morgan fingerprint density at radius 3 is 2.67 bits per heavy atom.